The fraction of sp³-hybridized carbons (Fsp3) is 0.471. The molecule has 0 aliphatic carbocycles. The predicted octanol–water partition coefficient (Wildman–Crippen LogP) is 1.79. The van der Waals surface area contributed by atoms with Gasteiger partial charge in [0.15, 0.2) is 5.96 Å². The van der Waals surface area contributed by atoms with Crippen molar-refractivity contribution in [1.29, 1.82) is 0 Å². The molecule has 0 atom stereocenters. The van der Waals surface area contributed by atoms with Crippen LogP contribution in [0.25, 0.3) is 0 Å². The molecule has 2 rings (SSSR count). The van der Waals surface area contributed by atoms with E-state index in [9.17, 15) is 22.8 Å². The van der Waals surface area contributed by atoms with Gasteiger partial charge in [0.2, 0.25) is 11.8 Å². The summed E-state index contributed by atoms with van der Waals surface area (Å²) in [4.78, 5) is 28.7. The van der Waals surface area contributed by atoms with E-state index < -0.39 is 6.36 Å². The number of ether oxygens (including phenoxy) is 1. The lowest BCUT2D eigenvalue weighted by atomic mass is 10.1. The molecular weight excluding hydrogens is 365 g/mol. The van der Waals surface area contributed by atoms with Gasteiger partial charge in [-0.25, -0.2) is 0 Å². The molecule has 2 amide bonds. The van der Waals surface area contributed by atoms with Crippen LogP contribution in [0.1, 0.15) is 24.8 Å². The van der Waals surface area contributed by atoms with Crippen LogP contribution >= 0.6 is 0 Å². The van der Waals surface area contributed by atoms with E-state index >= 15 is 0 Å². The molecule has 7 nitrogen and oxygen atoms in total. The average molecular weight is 386 g/mol. The first-order valence-electron chi connectivity index (χ1n) is 8.41. The largest absolute Gasteiger partial charge is 0.573 e. The second-order valence-electron chi connectivity index (χ2n) is 5.80. The summed E-state index contributed by atoms with van der Waals surface area (Å²) in [6.07, 6.45) is -3.49. The van der Waals surface area contributed by atoms with Crippen molar-refractivity contribution in [3.63, 3.8) is 0 Å². The van der Waals surface area contributed by atoms with Gasteiger partial charge in [0.05, 0.1) is 0 Å². The molecule has 148 valence electrons. The highest BCUT2D eigenvalue weighted by molar-refractivity contribution is 5.97. The number of nitrogens with zero attached hydrogens (tertiary/aromatic N) is 2. The van der Waals surface area contributed by atoms with Crippen LogP contribution in [0.3, 0.4) is 0 Å². The standard InChI is InChI=1S/C17H21F3N4O3/c1-21-16(22-9-10-24-14(25)7-4-8-15(24)26)23-11-12-5-2-3-6-13(12)27-17(18,19)20/h2-3,5-6H,4,7-11H2,1H3,(H2,21,22,23). The highest BCUT2D eigenvalue weighted by Crippen LogP contribution is 2.26. The fourth-order valence-corrected chi connectivity index (χ4v) is 2.61. The highest BCUT2D eigenvalue weighted by Gasteiger charge is 2.32. The first-order valence-corrected chi connectivity index (χ1v) is 8.41. The summed E-state index contributed by atoms with van der Waals surface area (Å²) in [7, 11) is 1.50. The number of para-hydroxylation sites is 1. The van der Waals surface area contributed by atoms with E-state index in [1.807, 2.05) is 0 Å². The van der Waals surface area contributed by atoms with Gasteiger partial charge >= 0.3 is 6.36 Å². The second kappa shape index (κ2) is 9.24. The molecule has 1 heterocycles. The van der Waals surface area contributed by atoms with E-state index in [4.69, 9.17) is 0 Å². The molecule has 0 bridgehead atoms. The molecule has 27 heavy (non-hydrogen) atoms. The minimum atomic E-state index is -4.77. The molecule has 1 fully saturated rings. The lowest BCUT2D eigenvalue weighted by Crippen LogP contribution is -2.46. The third-order valence-corrected chi connectivity index (χ3v) is 3.88. The zero-order chi connectivity index (χ0) is 19.9. The van der Waals surface area contributed by atoms with E-state index in [1.54, 1.807) is 6.07 Å². The van der Waals surface area contributed by atoms with Gasteiger partial charge in [0.1, 0.15) is 5.75 Å². The summed E-state index contributed by atoms with van der Waals surface area (Å²) in [6, 6.07) is 5.79. The SMILES string of the molecule is CN=C(NCCN1C(=O)CCCC1=O)NCc1ccccc1OC(F)(F)F. The van der Waals surface area contributed by atoms with Crippen LogP contribution in [0.2, 0.25) is 0 Å². The van der Waals surface area contributed by atoms with Gasteiger partial charge in [0.25, 0.3) is 0 Å². The Bertz CT molecular complexity index is 691. The summed E-state index contributed by atoms with van der Waals surface area (Å²) in [6.45, 7) is 0.525. The van der Waals surface area contributed by atoms with Crippen LogP contribution in [0.4, 0.5) is 13.2 Å². The van der Waals surface area contributed by atoms with Crippen LogP contribution in [0, 0.1) is 0 Å². The molecule has 0 radical (unpaired) electrons. The topological polar surface area (TPSA) is 83.0 Å². The Kier molecular flexibility index (Phi) is 7.03. The van der Waals surface area contributed by atoms with Gasteiger partial charge in [-0.15, -0.1) is 13.2 Å². The van der Waals surface area contributed by atoms with Crippen molar-refractivity contribution in [2.45, 2.75) is 32.2 Å². The molecule has 1 aliphatic rings. The van der Waals surface area contributed by atoms with Crippen molar-refractivity contribution in [1.82, 2.24) is 15.5 Å². The number of carbonyl (C=O) groups is 2. The Balaban J connectivity index is 1.86. The minimum Gasteiger partial charge on any atom is -0.405 e. The molecule has 0 aromatic heterocycles. The maximum atomic E-state index is 12.5. The smallest absolute Gasteiger partial charge is 0.405 e. The summed E-state index contributed by atoms with van der Waals surface area (Å²) >= 11 is 0. The molecule has 0 saturated carbocycles. The van der Waals surface area contributed by atoms with Crippen molar-refractivity contribution >= 4 is 17.8 Å². The molecule has 1 aliphatic heterocycles. The van der Waals surface area contributed by atoms with Crippen LogP contribution in [-0.2, 0) is 16.1 Å². The summed E-state index contributed by atoms with van der Waals surface area (Å²) in [5.41, 5.74) is 0.305. The number of halogens is 3. The monoisotopic (exact) mass is 386 g/mol. The van der Waals surface area contributed by atoms with Crippen molar-refractivity contribution in [3.05, 3.63) is 29.8 Å². The van der Waals surface area contributed by atoms with E-state index in [0.29, 0.717) is 30.8 Å². The Morgan fingerprint density at radius 2 is 1.85 bits per heavy atom. The quantitative estimate of drug-likeness (QED) is 0.443. The fourth-order valence-electron chi connectivity index (χ4n) is 2.61. The Morgan fingerprint density at radius 3 is 2.48 bits per heavy atom. The molecule has 0 unspecified atom stereocenters. The number of carbonyl (C=O) groups excluding carboxylic acids is 2. The maximum absolute atomic E-state index is 12.5. The van der Waals surface area contributed by atoms with E-state index in [0.717, 1.165) is 0 Å². The number of guanidine groups is 1. The number of alkyl halides is 3. The van der Waals surface area contributed by atoms with Gasteiger partial charge in [-0.1, -0.05) is 18.2 Å². The van der Waals surface area contributed by atoms with E-state index in [1.165, 1.54) is 30.1 Å². The van der Waals surface area contributed by atoms with Crippen molar-refractivity contribution in [2.24, 2.45) is 4.99 Å². The number of nitrogens with one attached hydrogen (secondary N) is 2. The lowest BCUT2D eigenvalue weighted by Gasteiger charge is -2.25. The number of benzene rings is 1. The zero-order valence-electron chi connectivity index (χ0n) is 14.8. The van der Waals surface area contributed by atoms with Gasteiger partial charge in [-0.05, 0) is 12.5 Å². The van der Waals surface area contributed by atoms with Gasteiger partial charge < -0.3 is 15.4 Å². The number of piperidine rings is 1. The second-order valence-corrected chi connectivity index (χ2v) is 5.80. The highest BCUT2D eigenvalue weighted by atomic mass is 19.4. The van der Waals surface area contributed by atoms with Crippen molar-refractivity contribution in [2.75, 3.05) is 20.1 Å². The predicted molar refractivity (Wildman–Crippen MR) is 91.9 cm³/mol. The molecule has 1 saturated heterocycles. The summed E-state index contributed by atoms with van der Waals surface area (Å²) in [5, 5.41) is 5.80. The van der Waals surface area contributed by atoms with Gasteiger partial charge in [-0.2, -0.15) is 0 Å². The molecule has 0 spiro atoms. The summed E-state index contributed by atoms with van der Waals surface area (Å²) < 4.78 is 41.4. The number of likely N-dealkylation sites (tertiary alicyclic amines) is 1. The molecule has 1 aromatic rings. The van der Waals surface area contributed by atoms with Crippen LogP contribution < -0.4 is 15.4 Å². The molecule has 1 aromatic carbocycles. The minimum absolute atomic E-state index is 0.0491. The zero-order valence-corrected chi connectivity index (χ0v) is 14.8. The first kappa shape index (κ1) is 20.5. The van der Waals surface area contributed by atoms with Crippen molar-refractivity contribution < 1.29 is 27.5 Å². The molecular formula is C17H21F3N4O3. The molecule has 2 N–H and O–H groups in total. The number of aliphatic imine (C=N–C) groups is 1. The van der Waals surface area contributed by atoms with E-state index in [-0.39, 0.29) is 37.2 Å². The Hall–Kier alpha value is -2.78. The number of imide groups is 1. The van der Waals surface area contributed by atoms with Crippen LogP contribution in [-0.4, -0.2) is 49.2 Å². The number of hydrogen-bond donors (Lipinski definition) is 2. The van der Waals surface area contributed by atoms with Crippen molar-refractivity contribution in [3.8, 4) is 5.75 Å². The normalized spacial score (nSPS) is 15.7. The third kappa shape index (κ3) is 6.46. The third-order valence-electron chi connectivity index (χ3n) is 3.88. The van der Waals surface area contributed by atoms with Crippen LogP contribution in [0.5, 0.6) is 5.75 Å². The van der Waals surface area contributed by atoms with Gasteiger partial charge in [0, 0.05) is 45.1 Å². The van der Waals surface area contributed by atoms with E-state index in [2.05, 4.69) is 20.4 Å². The summed E-state index contributed by atoms with van der Waals surface area (Å²) in [5.74, 6) is -0.366. The number of amides is 2. The first-order chi connectivity index (χ1) is 12.8. The molecule has 10 heteroatoms. The van der Waals surface area contributed by atoms with Gasteiger partial charge in [-0.3, -0.25) is 19.5 Å². The number of hydrogen-bond acceptors (Lipinski definition) is 4. The number of rotatable bonds is 6. The van der Waals surface area contributed by atoms with Crippen LogP contribution in [0.15, 0.2) is 29.3 Å². The maximum Gasteiger partial charge on any atom is 0.573 e. The Morgan fingerprint density at radius 1 is 1.19 bits per heavy atom. The average Bonchev–Trinajstić information content (AvgIpc) is 2.60. The lowest BCUT2D eigenvalue weighted by molar-refractivity contribution is -0.274. The Labute approximate surface area is 154 Å².